The van der Waals surface area contributed by atoms with Gasteiger partial charge in [-0.25, -0.2) is 0 Å². The Morgan fingerprint density at radius 2 is 2.21 bits per heavy atom. The number of carbonyl (C=O) groups excluding carboxylic acids is 1. The number of fused-ring (bicyclic) bond motifs is 1. The molecule has 0 bridgehead atoms. The Labute approximate surface area is 144 Å². The molecule has 1 aromatic rings. The number of ether oxygens (including phenoxy) is 2. The van der Waals surface area contributed by atoms with Crippen molar-refractivity contribution in [1.82, 2.24) is 10.2 Å². The van der Waals surface area contributed by atoms with Gasteiger partial charge in [0.2, 0.25) is 5.91 Å². The molecule has 5 nitrogen and oxygen atoms in total. The maximum Gasteiger partial charge on any atom is 0.224 e. The smallest absolute Gasteiger partial charge is 0.224 e. The predicted molar refractivity (Wildman–Crippen MR) is 93.4 cm³/mol. The molecule has 5 heteroatoms. The summed E-state index contributed by atoms with van der Waals surface area (Å²) in [5.41, 5.74) is 0.703. The molecular formula is C19H28N2O3. The van der Waals surface area contributed by atoms with E-state index < -0.39 is 0 Å². The molecule has 0 aromatic heterocycles. The van der Waals surface area contributed by atoms with Crippen LogP contribution in [0.4, 0.5) is 0 Å². The summed E-state index contributed by atoms with van der Waals surface area (Å²) in [5.74, 6) is 1.84. The molecule has 2 aliphatic heterocycles. The Kier molecular flexibility index (Phi) is 4.72. The third-order valence-electron chi connectivity index (χ3n) is 4.99. The van der Waals surface area contributed by atoms with Crippen LogP contribution in [0.3, 0.4) is 0 Å². The molecule has 1 N–H and O–H groups in total. The van der Waals surface area contributed by atoms with Crippen LogP contribution in [0.15, 0.2) is 18.2 Å². The summed E-state index contributed by atoms with van der Waals surface area (Å²) in [7, 11) is 3.73. The van der Waals surface area contributed by atoms with E-state index in [-0.39, 0.29) is 23.5 Å². The fourth-order valence-corrected chi connectivity index (χ4v) is 3.76. The summed E-state index contributed by atoms with van der Waals surface area (Å²) in [6.45, 7) is 6.04. The number of nitrogens with one attached hydrogen (secondary N) is 1. The predicted octanol–water partition coefficient (Wildman–Crippen LogP) is 2.76. The molecule has 2 atom stereocenters. The second-order valence-corrected chi connectivity index (χ2v) is 7.63. The Balaban J connectivity index is 1.80. The van der Waals surface area contributed by atoms with Crippen molar-refractivity contribution < 1.29 is 14.3 Å². The number of likely N-dealkylation sites (tertiary alicyclic amines) is 1. The van der Waals surface area contributed by atoms with Crippen LogP contribution in [0, 0.1) is 5.92 Å². The van der Waals surface area contributed by atoms with E-state index in [4.69, 9.17) is 9.47 Å². The van der Waals surface area contributed by atoms with Gasteiger partial charge in [0.05, 0.1) is 19.1 Å². The molecule has 0 unspecified atom stereocenters. The summed E-state index contributed by atoms with van der Waals surface area (Å²) in [4.78, 5) is 15.0. The molecule has 0 spiro atoms. The van der Waals surface area contributed by atoms with Gasteiger partial charge in [-0.2, -0.15) is 0 Å². The van der Waals surface area contributed by atoms with Gasteiger partial charge < -0.3 is 19.7 Å². The van der Waals surface area contributed by atoms with Crippen LogP contribution >= 0.6 is 0 Å². The zero-order chi connectivity index (χ0) is 17.3. The largest absolute Gasteiger partial charge is 0.497 e. The molecule has 2 heterocycles. The molecular weight excluding hydrogens is 304 g/mol. The van der Waals surface area contributed by atoms with E-state index in [1.807, 2.05) is 18.2 Å². The molecule has 1 amide bonds. The van der Waals surface area contributed by atoms with E-state index in [0.29, 0.717) is 0 Å². The van der Waals surface area contributed by atoms with E-state index in [2.05, 4.69) is 31.1 Å². The lowest BCUT2D eigenvalue weighted by Gasteiger charge is -2.39. The molecule has 24 heavy (non-hydrogen) atoms. The van der Waals surface area contributed by atoms with Crippen molar-refractivity contribution in [1.29, 1.82) is 0 Å². The number of hydrogen-bond donors (Lipinski definition) is 1. The van der Waals surface area contributed by atoms with Crippen LogP contribution in [0.2, 0.25) is 0 Å². The van der Waals surface area contributed by atoms with Crippen molar-refractivity contribution in [2.75, 3.05) is 27.2 Å². The van der Waals surface area contributed by atoms with Crippen molar-refractivity contribution in [3.05, 3.63) is 23.8 Å². The fraction of sp³-hybridized carbons (Fsp3) is 0.632. The van der Waals surface area contributed by atoms with Crippen molar-refractivity contribution >= 4 is 5.91 Å². The molecule has 0 radical (unpaired) electrons. The summed E-state index contributed by atoms with van der Waals surface area (Å²) in [6.07, 6.45) is 2.80. The van der Waals surface area contributed by atoms with Crippen molar-refractivity contribution in [3.63, 3.8) is 0 Å². The molecule has 1 fully saturated rings. The van der Waals surface area contributed by atoms with Gasteiger partial charge in [0, 0.05) is 18.5 Å². The third kappa shape index (κ3) is 3.66. The van der Waals surface area contributed by atoms with Crippen molar-refractivity contribution in [2.45, 2.75) is 44.8 Å². The first-order chi connectivity index (χ1) is 11.4. The molecule has 0 saturated carbocycles. The molecule has 1 saturated heterocycles. The highest BCUT2D eigenvalue weighted by atomic mass is 16.5. The maximum atomic E-state index is 12.8. The second kappa shape index (κ2) is 6.63. The first-order valence-electron chi connectivity index (χ1n) is 8.74. The van der Waals surface area contributed by atoms with Gasteiger partial charge in [0.15, 0.2) is 0 Å². The minimum absolute atomic E-state index is 0.0430. The van der Waals surface area contributed by atoms with Gasteiger partial charge in [-0.05, 0) is 58.5 Å². The van der Waals surface area contributed by atoms with Gasteiger partial charge >= 0.3 is 0 Å². The molecule has 3 rings (SSSR count). The highest BCUT2D eigenvalue weighted by molar-refractivity contribution is 5.79. The minimum Gasteiger partial charge on any atom is -0.497 e. The monoisotopic (exact) mass is 332 g/mol. The maximum absolute atomic E-state index is 12.8. The van der Waals surface area contributed by atoms with E-state index in [9.17, 15) is 4.79 Å². The first-order valence-corrected chi connectivity index (χ1v) is 8.74. The molecule has 2 aliphatic rings. The van der Waals surface area contributed by atoms with Crippen LogP contribution in [0.5, 0.6) is 11.5 Å². The van der Waals surface area contributed by atoms with Gasteiger partial charge in [-0.1, -0.05) is 0 Å². The zero-order valence-corrected chi connectivity index (χ0v) is 15.1. The highest BCUT2D eigenvalue weighted by Gasteiger charge is 2.36. The average Bonchev–Trinajstić information content (AvgIpc) is 2.53. The first kappa shape index (κ1) is 17.1. The number of nitrogens with zero attached hydrogens (tertiary/aromatic N) is 1. The third-order valence-corrected chi connectivity index (χ3v) is 4.99. The zero-order valence-electron chi connectivity index (χ0n) is 15.1. The van der Waals surface area contributed by atoms with Crippen molar-refractivity contribution in [2.24, 2.45) is 5.92 Å². The summed E-state index contributed by atoms with van der Waals surface area (Å²) in [5, 5.41) is 3.27. The summed E-state index contributed by atoms with van der Waals surface area (Å²) >= 11 is 0. The van der Waals surface area contributed by atoms with Crippen LogP contribution in [0.1, 0.15) is 44.7 Å². The lowest BCUT2D eigenvalue weighted by molar-refractivity contribution is -0.127. The standard InChI is InChI=1S/C19H28N2O3/c1-19(2)11-16(15-10-14(23-4)7-8-17(15)24-19)20-18(22)13-6-5-9-21(3)12-13/h7-8,10,13,16H,5-6,9,11-12H2,1-4H3,(H,20,22)/t13-,16-/m1/s1. The summed E-state index contributed by atoms with van der Waals surface area (Å²) in [6, 6.07) is 5.76. The number of hydrogen-bond acceptors (Lipinski definition) is 4. The minimum atomic E-state index is -0.303. The fourth-order valence-electron chi connectivity index (χ4n) is 3.76. The SMILES string of the molecule is COc1ccc2c(c1)[C@H](NC(=O)[C@@H]1CCCN(C)C1)CC(C)(C)O2. The Bertz CT molecular complexity index is 615. The van der Waals surface area contributed by atoms with Gasteiger partial charge in [0.1, 0.15) is 17.1 Å². The number of benzene rings is 1. The number of rotatable bonds is 3. The van der Waals surface area contributed by atoms with E-state index in [1.54, 1.807) is 7.11 Å². The Hall–Kier alpha value is -1.75. The van der Waals surface area contributed by atoms with E-state index in [0.717, 1.165) is 49.4 Å². The molecule has 132 valence electrons. The Morgan fingerprint density at radius 3 is 2.92 bits per heavy atom. The van der Waals surface area contributed by atoms with Gasteiger partial charge in [-0.3, -0.25) is 4.79 Å². The lowest BCUT2D eigenvalue weighted by Crippen LogP contribution is -2.46. The van der Waals surface area contributed by atoms with Crippen molar-refractivity contribution in [3.8, 4) is 11.5 Å². The van der Waals surface area contributed by atoms with Gasteiger partial charge in [0.25, 0.3) is 0 Å². The van der Waals surface area contributed by atoms with Crippen LogP contribution in [0.25, 0.3) is 0 Å². The van der Waals surface area contributed by atoms with Gasteiger partial charge in [-0.15, -0.1) is 0 Å². The Morgan fingerprint density at radius 1 is 1.42 bits per heavy atom. The number of piperidine rings is 1. The number of amides is 1. The average molecular weight is 332 g/mol. The van der Waals surface area contributed by atoms with E-state index >= 15 is 0 Å². The normalized spacial score (nSPS) is 26.2. The summed E-state index contributed by atoms with van der Waals surface area (Å²) < 4.78 is 11.4. The molecule has 0 aliphatic carbocycles. The molecule has 1 aromatic carbocycles. The van der Waals surface area contributed by atoms with E-state index in [1.165, 1.54) is 0 Å². The highest BCUT2D eigenvalue weighted by Crippen LogP contribution is 2.41. The number of carbonyl (C=O) groups is 1. The van der Waals surface area contributed by atoms with Crippen LogP contribution in [-0.2, 0) is 4.79 Å². The number of methoxy groups -OCH3 is 1. The topological polar surface area (TPSA) is 50.8 Å². The van der Waals surface area contributed by atoms with Crippen LogP contribution < -0.4 is 14.8 Å². The second-order valence-electron chi connectivity index (χ2n) is 7.63. The van der Waals surface area contributed by atoms with Crippen LogP contribution in [-0.4, -0.2) is 43.7 Å². The lowest BCUT2D eigenvalue weighted by atomic mass is 9.88. The quantitative estimate of drug-likeness (QED) is 0.925.